The minimum atomic E-state index is -0.672. The molecule has 0 aliphatic rings. The number of halogens is 5. The van der Waals surface area contributed by atoms with Crippen LogP contribution in [-0.2, 0) is 9.47 Å². The van der Waals surface area contributed by atoms with Gasteiger partial charge in [-0.2, -0.15) is 0 Å². The molecule has 0 aliphatic heterocycles. The molecule has 4 aromatic rings. The number of methoxy groups -OCH3 is 2. The number of ether oxygens (including phenoxy) is 3. The Kier molecular flexibility index (Phi) is 12.5. The Morgan fingerprint density at radius 1 is 0.667 bits per heavy atom. The minimum absolute atomic E-state index is 0.0631. The van der Waals surface area contributed by atoms with Crippen molar-refractivity contribution in [3.8, 4) is 17.2 Å². The molecule has 0 fully saturated rings. The summed E-state index contributed by atoms with van der Waals surface area (Å²) < 4.78 is 53.7. The highest BCUT2D eigenvalue weighted by molar-refractivity contribution is 9.10. The maximum Gasteiger partial charge on any atom is 0.341 e. The quantitative estimate of drug-likeness (QED) is 0.221. The number of hydrogen-bond acceptors (Lipinski definition) is 6. The molecule has 0 bridgehead atoms. The zero-order chi connectivity index (χ0) is 28.9. The summed E-state index contributed by atoms with van der Waals surface area (Å²) in [6, 6.07) is 19.6. The number of esters is 2. The maximum atomic E-state index is 12.9. The van der Waals surface area contributed by atoms with Gasteiger partial charge in [-0.1, -0.05) is 31.9 Å². The van der Waals surface area contributed by atoms with Gasteiger partial charge < -0.3 is 19.3 Å². The average molecular weight is 670 g/mol. The Morgan fingerprint density at radius 2 is 1.13 bits per heavy atom. The molecule has 0 aromatic heterocycles. The van der Waals surface area contributed by atoms with Crippen molar-refractivity contribution in [3.05, 3.63) is 122 Å². The topological polar surface area (TPSA) is 82.1 Å². The number of phenols is 1. The van der Waals surface area contributed by atoms with Crippen LogP contribution in [0.2, 0.25) is 0 Å². The van der Waals surface area contributed by atoms with Crippen LogP contribution >= 0.6 is 31.9 Å². The van der Waals surface area contributed by atoms with Crippen molar-refractivity contribution < 1.29 is 42.1 Å². The number of hydrogen-bond donors (Lipinski definition) is 1. The molecule has 11 heteroatoms. The first-order valence-electron chi connectivity index (χ1n) is 10.8. The third-order valence-electron chi connectivity index (χ3n) is 4.55. The van der Waals surface area contributed by atoms with E-state index in [0.717, 1.165) is 4.47 Å². The van der Waals surface area contributed by atoms with Crippen LogP contribution in [0.4, 0.5) is 13.2 Å². The largest absolute Gasteiger partial charge is 0.508 e. The van der Waals surface area contributed by atoms with Crippen molar-refractivity contribution >= 4 is 43.8 Å². The fourth-order valence-electron chi connectivity index (χ4n) is 2.70. The smallest absolute Gasteiger partial charge is 0.341 e. The zero-order valence-corrected chi connectivity index (χ0v) is 23.6. The molecule has 204 valence electrons. The lowest BCUT2D eigenvalue weighted by molar-refractivity contribution is 0.0587. The van der Waals surface area contributed by atoms with Crippen molar-refractivity contribution in [2.75, 3.05) is 14.2 Å². The van der Waals surface area contributed by atoms with E-state index >= 15 is 0 Å². The normalized spacial score (nSPS) is 9.72. The van der Waals surface area contributed by atoms with E-state index < -0.39 is 17.8 Å². The first-order chi connectivity index (χ1) is 18.5. The molecule has 39 heavy (non-hydrogen) atoms. The third kappa shape index (κ3) is 10.5. The zero-order valence-electron chi connectivity index (χ0n) is 20.5. The lowest BCUT2D eigenvalue weighted by Gasteiger charge is -2.10. The van der Waals surface area contributed by atoms with Crippen molar-refractivity contribution in [2.24, 2.45) is 0 Å². The summed E-state index contributed by atoms with van der Waals surface area (Å²) in [4.78, 5) is 22.6. The molecule has 4 rings (SSSR count). The molecular formula is C28H21Br2F3O6. The first kappa shape index (κ1) is 31.4. The minimum Gasteiger partial charge on any atom is -0.508 e. The number of phenolic OH excluding ortho intramolecular Hbond substituents is 1. The Labute approximate surface area is 239 Å². The molecule has 0 heterocycles. The summed E-state index contributed by atoms with van der Waals surface area (Å²) in [6.07, 6.45) is 0. The second-order valence-electron chi connectivity index (χ2n) is 7.28. The van der Waals surface area contributed by atoms with Gasteiger partial charge in [-0.25, -0.2) is 22.8 Å². The van der Waals surface area contributed by atoms with Crippen molar-refractivity contribution in [2.45, 2.75) is 0 Å². The second kappa shape index (κ2) is 15.6. The number of carbonyl (C=O) groups is 2. The van der Waals surface area contributed by atoms with Gasteiger partial charge in [0.25, 0.3) is 0 Å². The van der Waals surface area contributed by atoms with Crippen LogP contribution in [0.3, 0.4) is 0 Å². The predicted octanol–water partition coefficient (Wildman–Crippen LogP) is 8.07. The van der Waals surface area contributed by atoms with Crippen LogP contribution < -0.4 is 4.74 Å². The van der Waals surface area contributed by atoms with Crippen LogP contribution in [-0.4, -0.2) is 31.3 Å². The van der Waals surface area contributed by atoms with E-state index in [2.05, 4.69) is 41.3 Å². The molecule has 0 atom stereocenters. The Hall–Kier alpha value is -3.83. The van der Waals surface area contributed by atoms with Gasteiger partial charge in [-0.15, -0.1) is 0 Å². The first-order valence-corrected chi connectivity index (χ1v) is 12.4. The van der Waals surface area contributed by atoms with Gasteiger partial charge in [0.15, 0.2) is 0 Å². The van der Waals surface area contributed by atoms with E-state index in [4.69, 9.17) is 9.84 Å². The second-order valence-corrected chi connectivity index (χ2v) is 9.11. The van der Waals surface area contributed by atoms with E-state index in [0.29, 0.717) is 21.5 Å². The van der Waals surface area contributed by atoms with Gasteiger partial charge in [0.2, 0.25) is 0 Å². The molecule has 0 spiro atoms. The Balaban J connectivity index is 0.000000227. The van der Waals surface area contributed by atoms with E-state index in [1.807, 2.05) is 0 Å². The predicted molar refractivity (Wildman–Crippen MR) is 145 cm³/mol. The van der Waals surface area contributed by atoms with Crippen LogP contribution in [0, 0.1) is 17.5 Å². The van der Waals surface area contributed by atoms with E-state index in [1.165, 1.54) is 80.9 Å². The summed E-state index contributed by atoms with van der Waals surface area (Å²) in [7, 11) is 2.51. The summed E-state index contributed by atoms with van der Waals surface area (Å²) in [5.41, 5.74) is 0.230. The van der Waals surface area contributed by atoms with Crippen LogP contribution in [0.25, 0.3) is 0 Å². The van der Waals surface area contributed by atoms with Crippen LogP contribution in [0.1, 0.15) is 20.7 Å². The number of rotatable bonds is 4. The third-order valence-corrected chi connectivity index (χ3v) is 5.54. The van der Waals surface area contributed by atoms with Gasteiger partial charge >= 0.3 is 11.9 Å². The fourth-order valence-corrected chi connectivity index (χ4v) is 3.42. The summed E-state index contributed by atoms with van der Waals surface area (Å²) in [5, 5.41) is 8.59. The highest BCUT2D eigenvalue weighted by Crippen LogP contribution is 2.28. The van der Waals surface area contributed by atoms with Gasteiger partial charge in [0.05, 0.1) is 19.8 Å². The highest BCUT2D eigenvalue weighted by Gasteiger charge is 2.14. The van der Waals surface area contributed by atoms with E-state index in [-0.39, 0.29) is 22.9 Å². The fraction of sp³-hybridized carbons (Fsp3) is 0.0714. The number of aromatic hydroxyl groups is 1. The molecule has 0 unspecified atom stereocenters. The average Bonchev–Trinajstić information content (AvgIpc) is 2.93. The summed E-state index contributed by atoms with van der Waals surface area (Å²) in [5.74, 6) is -1.56. The number of carbonyl (C=O) groups excluding carboxylic acids is 2. The molecule has 0 aliphatic carbocycles. The lowest BCUT2D eigenvalue weighted by Crippen LogP contribution is -2.03. The maximum absolute atomic E-state index is 12.9. The van der Waals surface area contributed by atoms with E-state index in [9.17, 15) is 22.8 Å². The van der Waals surface area contributed by atoms with Crippen molar-refractivity contribution in [1.82, 2.24) is 0 Å². The van der Waals surface area contributed by atoms with Crippen LogP contribution in [0.5, 0.6) is 17.2 Å². The molecule has 6 nitrogen and oxygen atoms in total. The summed E-state index contributed by atoms with van der Waals surface area (Å²) in [6.45, 7) is 0. The highest BCUT2D eigenvalue weighted by atomic mass is 79.9. The van der Waals surface area contributed by atoms with Gasteiger partial charge in [0.1, 0.15) is 40.3 Å². The van der Waals surface area contributed by atoms with Gasteiger partial charge in [-0.3, -0.25) is 0 Å². The standard InChI is InChI=1S/C14H10BrFO3.C8H6BrFO2.C6H5FO/c1-18-14(17)12-8-9(15)2-7-13(12)19-11-5-3-10(16)4-6-11;1-12-8(11)6-4-5(9)2-3-7(6)10;7-5-1-3-6(8)4-2-5/h2-8H,1H3;2-4H,1H3;1-4,8H. The van der Waals surface area contributed by atoms with Gasteiger partial charge in [0, 0.05) is 8.95 Å². The Bertz CT molecular complexity index is 1380. The van der Waals surface area contributed by atoms with Crippen LogP contribution in [0.15, 0.2) is 93.9 Å². The molecular weight excluding hydrogens is 649 g/mol. The molecule has 0 radical (unpaired) electrons. The monoisotopic (exact) mass is 668 g/mol. The molecule has 0 saturated carbocycles. The van der Waals surface area contributed by atoms with E-state index in [1.54, 1.807) is 18.2 Å². The van der Waals surface area contributed by atoms with Crippen molar-refractivity contribution in [3.63, 3.8) is 0 Å². The van der Waals surface area contributed by atoms with Gasteiger partial charge in [-0.05, 0) is 84.9 Å². The molecule has 4 aromatic carbocycles. The molecule has 0 amide bonds. The molecule has 1 N–H and O–H groups in total. The number of benzene rings is 4. The SMILES string of the molecule is COC(=O)c1cc(Br)ccc1F.COC(=O)c1cc(Br)ccc1Oc1ccc(F)cc1.Oc1ccc(F)cc1. The Morgan fingerprint density at radius 3 is 1.64 bits per heavy atom. The summed E-state index contributed by atoms with van der Waals surface area (Å²) >= 11 is 6.40. The van der Waals surface area contributed by atoms with Crippen molar-refractivity contribution in [1.29, 1.82) is 0 Å². The lowest BCUT2D eigenvalue weighted by atomic mass is 10.2. The molecule has 0 saturated heterocycles.